The smallest absolute Gasteiger partial charge is 0.198 e. The summed E-state index contributed by atoms with van der Waals surface area (Å²) in [6.45, 7) is 4.54. The standard InChI is InChI=1S/C17H23N5S.HI/c1-4-18-16(19-11-14-12-23-17(20-14)21(2)3)22-10-9-13-7-5-6-8-15(13)22;/h5-8,12H,4,9-11H2,1-3H3,(H,18,19);1H. The fraction of sp³-hybridized carbons (Fsp3) is 0.412. The van der Waals surface area contributed by atoms with Crippen molar-refractivity contribution in [1.29, 1.82) is 0 Å². The molecule has 1 aromatic heterocycles. The molecule has 0 fully saturated rings. The first-order valence-corrected chi connectivity index (χ1v) is 8.82. The van der Waals surface area contributed by atoms with Crippen LogP contribution in [0, 0.1) is 0 Å². The van der Waals surface area contributed by atoms with E-state index in [1.165, 1.54) is 11.3 Å². The maximum atomic E-state index is 4.79. The molecule has 24 heavy (non-hydrogen) atoms. The van der Waals surface area contributed by atoms with Crippen molar-refractivity contribution in [3.8, 4) is 0 Å². The lowest BCUT2D eigenvalue weighted by Crippen LogP contribution is -2.40. The molecule has 0 saturated carbocycles. The highest BCUT2D eigenvalue weighted by atomic mass is 127. The summed E-state index contributed by atoms with van der Waals surface area (Å²) < 4.78 is 0. The zero-order valence-electron chi connectivity index (χ0n) is 14.3. The van der Waals surface area contributed by atoms with Crippen LogP contribution in [0.2, 0.25) is 0 Å². The van der Waals surface area contributed by atoms with Gasteiger partial charge in [-0.05, 0) is 25.0 Å². The number of halogens is 1. The molecule has 2 heterocycles. The predicted molar refractivity (Wildman–Crippen MR) is 114 cm³/mol. The lowest BCUT2D eigenvalue weighted by Gasteiger charge is -2.22. The van der Waals surface area contributed by atoms with Gasteiger partial charge in [-0.3, -0.25) is 0 Å². The van der Waals surface area contributed by atoms with E-state index in [-0.39, 0.29) is 24.0 Å². The topological polar surface area (TPSA) is 43.8 Å². The van der Waals surface area contributed by atoms with Gasteiger partial charge in [0.15, 0.2) is 11.1 Å². The Morgan fingerprint density at radius 3 is 2.88 bits per heavy atom. The Kier molecular flexibility index (Phi) is 6.85. The molecule has 0 amide bonds. The Morgan fingerprint density at radius 2 is 2.17 bits per heavy atom. The van der Waals surface area contributed by atoms with Gasteiger partial charge in [0.1, 0.15) is 0 Å². The second kappa shape index (κ2) is 8.66. The molecule has 0 spiro atoms. The van der Waals surface area contributed by atoms with Crippen LogP contribution in [0.3, 0.4) is 0 Å². The number of hydrogen-bond donors (Lipinski definition) is 1. The molecular formula is C17H24IN5S. The average Bonchev–Trinajstić information content (AvgIpc) is 3.18. The third-order valence-electron chi connectivity index (χ3n) is 3.79. The molecule has 1 aromatic carbocycles. The Morgan fingerprint density at radius 1 is 1.38 bits per heavy atom. The summed E-state index contributed by atoms with van der Waals surface area (Å²) in [5.41, 5.74) is 3.67. The predicted octanol–water partition coefficient (Wildman–Crippen LogP) is 3.36. The molecule has 0 bridgehead atoms. The third-order valence-corrected chi connectivity index (χ3v) is 4.85. The summed E-state index contributed by atoms with van der Waals surface area (Å²) in [5, 5.41) is 6.51. The minimum Gasteiger partial charge on any atom is -0.356 e. The highest BCUT2D eigenvalue weighted by molar-refractivity contribution is 14.0. The SMILES string of the molecule is CCNC(=NCc1csc(N(C)C)n1)N1CCc2ccccc21.I. The Balaban J connectivity index is 0.00000208. The van der Waals surface area contributed by atoms with E-state index in [0.717, 1.165) is 36.3 Å². The van der Waals surface area contributed by atoms with Crippen LogP contribution in [0.25, 0.3) is 0 Å². The third kappa shape index (κ3) is 4.18. The van der Waals surface area contributed by atoms with Crippen molar-refractivity contribution in [3.05, 3.63) is 40.9 Å². The molecule has 3 rings (SSSR count). The number of aliphatic imine (C=N–C) groups is 1. The number of fused-ring (bicyclic) bond motifs is 1. The van der Waals surface area contributed by atoms with Gasteiger partial charge in [-0.25, -0.2) is 9.98 Å². The van der Waals surface area contributed by atoms with Crippen LogP contribution >= 0.6 is 35.3 Å². The number of hydrogen-bond acceptors (Lipinski definition) is 4. The molecule has 5 nitrogen and oxygen atoms in total. The molecule has 130 valence electrons. The van der Waals surface area contributed by atoms with Crippen LogP contribution < -0.4 is 15.1 Å². The first-order valence-electron chi connectivity index (χ1n) is 7.94. The van der Waals surface area contributed by atoms with Gasteiger partial charge in [0.2, 0.25) is 0 Å². The average molecular weight is 457 g/mol. The summed E-state index contributed by atoms with van der Waals surface area (Å²) in [5.74, 6) is 0.942. The number of anilines is 2. The fourth-order valence-corrected chi connectivity index (χ4v) is 3.43. The number of aromatic nitrogens is 1. The summed E-state index contributed by atoms with van der Waals surface area (Å²) in [7, 11) is 4.02. The van der Waals surface area contributed by atoms with Crippen molar-refractivity contribution in [2.45, 2.75) is 19.9 Å². The van der Waals surface area contributed by atoms with Crippen molar-refractivity contribution in [2.24, 2.45) is 4.99 Å². The zero-order valence-corrected chi connectivity index (χ0v) is 17.5. The number of guanidine groups is 1. The van der Waals surface area contributed by atoms with E-state index in [4.69, 9.17) is 4.99 Å². The summed E-state index contributed by atoms with van der Waals surface area (Å²) in [4.78, 5) is 13.7. The summed E-state index contributed by atoms with van der Waals surface area (Å²) in [6, 6.07) is 8.56. The van der Waals surface area contributed by atoms with Crippen molar-refractivity contribution in [1.82, 2.24) is 10.3 Å². The van der Waals surface area contributed by atoms with Crippen molar-refractivity contribution < 1.29 is 0 Å². The summed E-state index contributed by atoms with van der Waals surface area (Å²) in [6.07, 6.45) is 1.07. The number of nitrogens with one attached hydrogen (secondary N) is 1. The molecule has 0 aliphatic carbocycles. The van der Waals surface area contributed by atoms with E-state index < -0.39 is 0 Å². The van der Waals surface area contributed by atoms with Crippen molar-refractivity contribution >= 4 is 52.1 Å². The second-order valence-corrected chi connectivity index (χ2v) is 6.55. The molecule has 7 heteroatoms. The van der Waals surface area contributed by atoms with Gasteiger partial charge in [0.25, 0.3) is 0 Å². The number of nitrogens with zero attached hydrogens (tertiary/aromatic N) is 4. The van der Waals surface area contributed by atoms with Crippen molar-refractivity contribution in [2.75, 3.05) is 37.0 Å². The highest BCUT2D eigenvalue weighted by Crippen LogP contribution is 2.27. The molecule has 0 atom stereocenters. The second-order valence-electron chi connectivity index (χ2n) is 5.72. The largest absolute Gasteiger partial charge is 0.356 e. The van der Waals surface area contributed by atoms with Crippen LogP contribution in [0.15, 0.2) is 34.6 Å². The number of benzene rings is 1. The maximum Gasteiger partial charge on any atom is 0.198 e. The Bertz CT molecular complexity index is 698. The van der Waals surface area contributed by atoms with Gasteiger partial charge < -0.3 is 15.1 Å². The first kappa shape index (κ1) is 19.0. The van der Waals surface area contributed by atoms with E-state index in [0.29, 0.717) is 6.54 Å². The van der Waals surface area contributed by atoms with Crippen LogP contribution in [-0.2, 0) is 13.0 Å². The van der Waals surface area contributed by atoms with E-state index >= 15 is 0 Å². The van der Waals surface area contributed by atoms with Crippen LogP contribution in [-0.4, -0.2) is 38.1 Å². The molecule has 2 aromatic rings. The van der Waals surface area contributed by atoms with Gasteiger partial charge in [-0.1, -0.05) is 18.2 Å². The van der Waals surface area contributed by atoms with Crippen LogP contribution in [0.5, 0.6) is 0 Å². The Hall–Kier alpha value is -1.35. The van der Waals surface area contributed by atoms with E-state index in [9.17, 15) is 0 Å². The Labute approximate surface area is 164 Å². The summed E-state index contributed by atoms with van der Waals surface area (Å²) >= 11 is 1.66. The highest BCUT2D eigenvalue weighted by Gasteiger charge is 2.22. The first-order chi connectivity index (χ1) is 11.2. The van der Waals surface area contributed by atoms with E-state index in [1.807, 2.05) is 19.0 Å². The molecule has 0 radical (unpaired) electrons. The van der Waals surface area contributed by atoms with Crippen LogP contribution in [0.4, 0.5) is 10.8 Å². The lowest BCUT2D eigenvalue weighted by molar-refractivity contribution is 0.875. The molecule has 0 unspecified atom stereocenters. The quantitative estimate of drug-likeness (QED) is 0.435. The fourth-order valence-electron chi connectivity index (χ4n) is 2.68. The van der Waals surface area contributed by atoms with Crippen LogP contribution in [0.1, 0.15) is 18.2 Å². The molecule has 1 aliphatic rings. The van der Waals surface area contributed by atoms with Crippen molar-refractivity contribution in [3.63, 3.8) is 0 Å². The lowest BCUT2D eigenvalue weighted by atomic mass is 10.2. The van der Waals surface area contributed by atoms with Gasteiger partial charge >= 0.3 is 0 Å². The number of para-hydroxylation sites is 1. The van der Waals surface area contributed by atoms with E-state index in [1.54, 1.807) is 11.3 Å². The monoisotopic (exact) mass is 457 g/mol. The molecule has 1 aliphatic heterocycles. The normalized spacial score (nSPS) is 13.5. The van der Waals surface area contributed by atoms with Gasteiger partial charge in [-0.15, -0.1) is 35.3 Å². The van der Waals surface area contributed by atoms with Gasteiger partial charge in [-0.2, -0.15) is 0 Å². The van der Waals surface area contributed by atoms with E-state index in [2.05, 4.69) is 51.8 Å². The molecular weight excluding hydrogens is 433 g/mol. The molecule has 1 N–H and O–H groups in total. The number of rotatable bonds is 4. The minimum absolute atomic E-state index is 0. The molecule has 0 saturated heterocycles. The minimum atomic E-state index is 0. The number of thiazole rings is 1. The maximum absolute atomic E-state index is 4.79. The van der Waals surface area contributed by atoms with Gasteiger partial charge in [0, 0.05) is 38.3 Å². The zero-order chi connectivity index (χ0) is 16.2. The van der Waals surface area contributed by atoms with Gasteiger partial charge in [0.05, 0.1) is 12.2 Å².